The van der Waals surface area contributed by atoms with Gasteiger partial charge in [0, 0.05) is 11.6 Å². The van der Waals surface area contributed by atoms with E-state index in [1.807, 2.05) is 0 Å². The number of phenolic OH excluding ortho intramolecular Hbond substituents is 3. The third-order valence-corrected chi connectivity index (χ3v) is 2.62. The monoisotopic (exact) mass is 225 g/mol. The summed E-state index contributed by atoms with van der Waals surface area (Å²) in [6.45, 7) is 4.20. The summed E-state index contributed by atoms with van der Waals surface area (Å²) in [7, 11) is 0. The molecule has 4 heteroatoms. The van der Waals surface area contributed by atoms with Gasteiger partial charge in [0.15, 0.2) is 11.5 Å². The molecule has 0 aliphatic rings. The molecule has 0 bridgehead atoms. The van der Waals surface area contributed by atoms with Crippen molar-refractivity contribution in [1.82, 2.24) is 0 Å². The van der Waals surface area contributed by atoms with Gasteiger partial charge in [-0.15, -0.1) is 0 Å². The van der Waals surface area contributed by atoms with Crippen LogP contribution in [0.25, 0.3) is 0 Å². The number of nitrogens with two attached hydrogens (primary N) is 1. The van der Waals surface area contributed by atoms with E-state index in [1.165, 1.54) is 12.1 Å². The Labute approximate surface area is 95.3 Å². The third-order valence-electron chi connectivity index (χ3n) is 2.62. The zero-order valence-corrected chi connectivity index (χ0v) is 9.64. The molecule has 1 atom stereocenters. The van der Waals surface area contributed by atoms with Crippen LogP contribution in [0.3, 0.4) is 0 Å². The molecule has 0 aliphatic heterocycles. The number of hydrogen-bond acceptors (Lipinski definition) is 4. The van der Waals surface area contributed by atoms with Crippen LogP contribution in [0.15, 0.2) is 12.1 Å². The highest BCUT2D eigenvalue weighted by atomic mass is 16.3. The molecule has 0 aliphatic carbocycles. The lowest BCUT2D eigenvalue weighted by Crippen LogP contribution is -2.11. The number of aromatic hydroxyl groups is 3. The van der Waals surface area contributed by atoms with Gasteiger partial charge in [-0.2, -0.15) is 0 Å². The molecule has 0 spiro atoms. The van der Waals surface area contributed by atoms with Crippen molar-refractivity contribution in [3.05, 3.63) is 17.7 Å². The Balaban J connectivity index is 2.84. The van der Waals surface area contributed by atoms with E-state index in [9.17, 15) is 15.3 Å². The van der Waals surface area contributed by atoms with Crippen molar-refractivity contribution >= 4 is 0 Å². The van der Waals surface area contributed by atoms with Gasteiger partial charge in [-0.3, -0.25) is 0 Å². The molecule has 0 fully saturated rings. The molecule has 4 nitrogen and oxygen atoms in total. The maximum absolute atomic E-state index is 9.62. The molecule has 0 radical (unpaired) electrons. The number of phenols is 3. The average Bonchev–Trinajstić information content (AvgIpc) is 2.23. The number of rotatable bonds is 4. The highest BCUT2D eigenvalue weighted by Crippen LogP contribution is 2.40. The van der Waals surface area contributed by atoms with E-state index < -0.39 is 5.75 Å². The first-order valence-corrected chi connectivity index (χ1v) is 5.42. The minimum Gasteiger partial charge on any atom is -0.504 e. The topological polar surface area (TPSA) is 86.7 Å². The zero-order chi connectivity index (χ0) is 12.3. The molecule has 16 heavy (non-hydrogen) atoms. The van der Waals surface area contributed by atoms with Gasteiger partial charge in [0.1, 0.15) is 0 Å². The fourth-order valence-electron chi connectivity index (χ4n) is 1.55. The van der Waals surface area contributed by atoms with E-state index in [2.05, 4.69) is 13.8 Å². The van der Waals surface area contributed by atoms with Gasteiger partial charge in [-0.1, -0.05) is 13.8 Å². The number of benzene rings is 1. The van der Waals surface area contributed by atoms with E-state index in [0.29, 0.717) is 11.5 Å². The molecule has 5 N–H and O–H groups in total. The highest BCUT2D eigenvalue weighted by molar-refractivity contribution is 5.53. The van der Waals surface area contributed by atoms with E-state index in [1.54, 1.807) is 0 Å². The zero-order valence-electron chi connectivity index (χ0n) is 9.64. The molecule has 90 valence electrons. The fourth-order valence-corrected chi connectivity index (χ4v) is 1.55. The SMILES string of the molecule is CC(C)CC[C@@H](N)c1ccc(O)c(O)c1O. The van der Waals surface area contributed by atoms with Crippen LogP contribution in [-0.4, -0.2) is 15.3 Å². The molecule has 1 rings (SSSR count). The summed E-state index contributed by atoms with van der Waals surface area (Å²) in [5, 5.41) is 28.2. The predicted octanol–water partition coefficient (Wildman–Crippen LogP) is 2.24. The summed E-state index contributed by atoms with van der Waals surface area (Å²) in [5.41, 5.74) is 6.38. The molecule has 1 aromatic rings. The molecule has 0 saturated heterocycles. The van der Waals surface area contributed by atoms with Crippen LogP contribution >= 0.6 is 0 Å². The van der Waals surface area contributed by atoms with Crippen LogP contribution in [0.1, 0.15) is 38.3 Å². The van der Waals surface area contributed by atoms with Gasteiger partial charge in [-0.25, -0.2) is 0 Å². The first-order valence-electron chi connectivity index (χ1n) is 5.42. The molecular weight excluding hydrogens is 206 g/mol. The summed E-state index contributed by atoms with van der Waals surface area (Å²) in [4.78, 5) is 0. The lowest BCUT2D eigenvalue weighted by Gasteiger charge is -2.15. The molecule has 0 saturated carbocycles. The summed E-state index contributed by atoms with van der Waals surface area (Å²) in [5.74, 6) is -0.620. The third kappa shape index (κ3) is 2.79. The van der Waals surface area contributed by atoms with Crippen LogP contribution in [0.4, 0.5) is 0 Å². The van der Waals surface area contributed by atoms with Crippen molar-refractivity contribution in [2.45, 2.75) is 32.7 Å². The number of hydrogen-bond donors (Lipinski definition) is 4. The second-order valence-corrected chi connectivity index (χ2v) is 4.45. The van der Waals surface area contributed by atoms with E-state index in [-0.39, 0.29) is 17.5 Å². The van der Waals surface area contributed by atoms with E-state index in [4.69, 9.17) is 5.73 Å². The van der Waals surface area contributed by atoms with Gasteiger partial charge < -0.3 is 21.1 Å². The Bertz CT molecular complexity index is 364. The first kappa shape index (κ1) is 12.6. The maximum atomic E-state index is 9.62. The van der Waals surface area contributed by atoms with Gasteiger partial charge in [-0.05, 0) is 30.9 Å². The lowest BCUT2D eigenvalue weighted by atomic mass is 9.97. The van der Waals surface area contributed by atoms with Crippen molar-refractivity contribution in [3.8, 4) is 17.2 Å². The maximum Gasteiger partial charge on any atom is 0.200 e. The second-order valence-electron chi connectivity index (χ2n) is 4.45. The minimum absolute atomic E-state index is 0.323. The smallest absolute Gasteiger partial charge is 0.200 e. The second kappa shape index (κ2) is 5.07. The standard InChI is InChI=1S/C12H19NO3/c1-7(2)3-5-9(13)8-4-6-10(14)12(16)11(8)15/h4,6-7,9,14-16H,3,5,13H2,1-2H3/t9-/m1/s1. The summed E-state index contributed by atoms with van der Waals surface area (Å²) in [6.07, 6.45) is 1.68. The van der Waals surface area contributed by atoms with Crippen molar-refractivity contribution in [2.75, 3.05) is 0 Å². The van der Waals surface area contributed by atoms with Crippen LogP contribution in [0.5, 0.6) is 17.2 Å². The van der Waals surface area contributed by atoms with Crippen LogP contribution in [-0.2, 0) is 0 Å². The molecule has 0 unspecified atom stereocenters. The Morgan fingerprint density at radius 3 is 2.25 bits per heavy atom. The van der Waals surface area contributed by atoms with Gasteiger partial charge in [0.2, 0.25) is 5.75 Å². The van der Waals surface area contributed by atoms with Crippen LogP contribution in [0.2, 0.25) is 0 Å². The quantitative estimate of drug-likeness (QED) is 0.592. The summed E-state index contributed by atoms with van der Waals surface area (Å²) >= 11 is 0. The summed E-state index contributed by atoms with van der Waals surface area (Å²) < 4.78 is 0. The molecule has 1 aromatic carbocycles. The van der Waals surface area contributed by atoms with Crippen LogP contribution in [0, 0.1) is 5.92 Å². The largest absolute Gasteiger partial charge is 0.504 e. The average molecular weight is 225 g/mol. The minimum atomic E-state index is -0.502. The highest BCUT2D eigenvalue weighted by Gasteiger charge is 2.16. The van der Waals surface area contributed by atoms with Crippen molar-refractivity contribution in [2.24, 2.45) is 11.7 Å². The van der Waals surface area contributed by atoms with E-state index >= 15 is 0 Å². The van der Waals surface area contributed by atoms with Crippen LogP contribution < -0.4 is 5.73 Å². The Hall–Kier alpha value is -1.42. The Morgan fingerprint density at radius 2 is 1.69 bits per heavy atom. The Morgan fingerprint density at radius 1 is 1.06 bits per heavy atom. The van der Waals surface area contributed by atoms with Crippen molar-refractivity contribution in [3.63, 3.8) is 0 Å². The summed E-state index contributed by atoms with van der Waals surface area (Å²) in [6, 6.07) is 2.54. The molecule has 0 heterocycles. The molecule has 0 amide bonds. The van der Waals surface area contributed by atoms with E-state index in [0.717, 1.165) is 12.8 Å². The van der Waals surface area contributed by atoms with Crippen molar-refractivity contribution < 1.29 is 15.3 Å². The molecular formula is C12H19NO3. The normalized spacial score (nSPS) is 13.0. The lowest BCUT2D eigenvalue weighted by molar-refractivity contribution is 0.361. The van der Waals surface area contributed by atoms with Gasteiger partial charge >= 0.3 is 0 Å². The molecule has 0 aromatic heterocycles. The van der Waals surface area contributed by atoms with Crippen molar-refractivity contribution in [1.29, 1.82) is 0 Å². The first-order chi connectivity index (χ1) is 7.43. The fraction of sp³-hybridized carbons (Fsp3) is 0.500. The van der Waals surface area contributed by atoms with Gasteiger partial charge in [0.25, 0.3) is 0 Å². The Kier molecular flexibility index (Phi) is 4.01. The predicted molar refractivity (Wildman–Crippen MR) is 62.4 cm³/mol. The van der Waals surface area contributed by atoms with Gasteiger partial charge in [0.05, 0.1) is 0 Å².